The maximum absolute atomic E-state index is 8.09. The van der Waals surface area contributed by atoms with E-state index in [1.54, 1.807) is 0 Å². The average molecular weight is 161 g/mol. The zero-order valence-corrected chi connectivity index (χ0v) is 6.27. The molecular formula is C5H9ClN4. The molecule has 0 aromatic rings. The Hall–Kier alpha value is -0.440. The predicted molar refractivity (Wildman–Crippen MR) is 39.9 cm³/mol. The molecule has 3 aliphatic carbocycles. The number of hydrogen-bond donors (Lipinski definition) is 1. The van der Waals surface area contributed by atoms with E-state index in [0.717, 1.165) is 19.3 Å². The summed E-state index contributed by atoms with van der Waals surface area (Å²) in [6.07, 6.45) is 2.72. The lowest BCUT2D eigenvalue weighted by atomic mass is 9.45. The van der Waals surface area contributed by atoms with Crippen molar-refractivity contribution in [2.75, 3.05) is 0 Å². The van der Waals surface area contributed by atoms with Gasteiger partial charge in [0.15, 0.2) is 0 Å². The first kappa shape index (κ1) is 7.66. The number of nitrogens with zero attached hydrogens (tertiary/aromatic N) is 3. The van der Waals surface area contributed by atoms with Crippen LogP contribution in [0.15, 0.2) is 5.11 Å². The average Bonchev–Trinajstić information content (AvgIpc) is 1.60. The van der Waals surface area contributed by atoms with Gasteiger partial charge in [0.1, 0.15) is 0 Å². The lowest BCUT2D eigenvalue weighted by molar-refractivity contribution is -0.0483. The molecule has 0 unspecified atom stereocenters. The second kappa shape index (κ2) is 1.78. The zero-order valence-electron chi connectivity index (χ0n) is 5.45. The van der Waals surface area contributed by atoms with E-state index in [1.165, 1.54) is 0 Å². The minimum atomic E-state index is -0.0382. The highest BCUT2D eigenvalue weighted by Gasteiger charge is 2.65. The molecule has 2 N–H and O–H groups in total. The number of hydrogen-bond acceptors (Lipinski definition) is 2. The molecule has 0 radical (unpaired) electrons. The number of azide groups is 1. The lowest BCUT2D eigenvalue weighted by Gasteiger charge is -2.66. The second-order valence-corrected chi connectivity index (χ2v) is 3.31. The Morgan fingerprint density at radius 2 is 1.90 bits per heavy atom. The smallest absolute Gasteiger partial charge is 0.0540 e. The minimum Gasteiger partial charge on any atom is -0.325 e. The molecule has 3 aliphatic rings. The van der Waals surface area contributed by atoms with E-state index in [2.05, 4.69) is 10.0 Å². The Morgan fingerprint density at radius 1 is 1.40 bits per heavy atom. The molecule has 0 aromatic heterocycles. The van der Waals surface area contributed by atoms with Crippen LogP contribution in [0.4, 0.5) is 0 Å². The van der Waals surface area contributed by atoms with Crippen molar-refractivity contribution in [1.29, 1.82) is 0 Å². The van der Waals surface area contributed by atoms with Gasteiger partial charge in [0.2, 0.25) is 0 Å². The standard InChI is InChI=1S/C5H8N4.ClH/c6-4-1-5(2-4,3-4)8-9-7;/h1-3,6H2;1H. The topological polar surface area (TPSA) is 74.8 Å². The summed E-state index contributed by atoms with van der Waals surface area (Å²) in [6, 6.07) is 0. The summed E-state index contributed by atoms with van der Waals surface area (Å²) in [4.78, 5) is 2.77. The Morgan fingerprint density at radius 3 is 2.20 bits per heavy atom. The van der Waals surface area contributed by atoms with Crippen LogP contribution in [0.3, 0.4) is 0 Å². The Labute approximate surface area is 64.8 Å². The van der Waals surface area contributed by atoms with Gasteiger partial charge in [0.25, 0.3) is 0 Å². The van der Waals surface area contributed by atoms with Gasteiger partial charge in [-0.25, -0.2) is 0 Å². The van der Waals surface area contributed by atoms with Crippen molar-refractivity contribution in [2.24, 2.45) is 10.8 Å². The summed E-state index contributed by atoms with van der Waals surface area (Å²) in [5.74, 6) is 0. The molecule has 3 fully saturated rings. The fourth-order valence-electron chi connectivity index (χ4n) is 2.01. The van der Waals surface area contributed by atoms with Crippen molar-refractivity contribution in [1.82, 2.24) is 0 Å². The number of nitrogens with two attached hydrogens (primary N) is 1. The molecule has 0 amide bonds. The molecule has 2 bridgehead atoms. The highest BCUT2D eigenvalue weighted by atomic mass is 35.5. The van der Waals surface area contributed by atoms with Crippen molar-refractivity contribution in [3.63, 3.8) is 0 Å². The number of halogens is 1. The van der Waals surface area contributed by atoms with Crippen LogP contribution >= 0.6 is 12.4 Å². The molecule has 0 atom stereocenters. The van der Waals surface area contributed by atoms with Crippen molar-refractivity contribution >= 4 is 12.4 Å². The maximum Gasteiger partial charge on any atom is 0.0540 e. The van der Waals surface area contributed by atoms with Gasteiger partial charge in [-0.05, 0) is 24.8 Å². The molecule has 5 heteroatoms. The third kappa shape index (κ3) is 0.700. The quantitative estimate of drug-likeness (QED) is 0.351. The van der Waals surface area contributed by atoms with E-state index in [0.29, 0.717) is 0 Å². The maximum atomic E-state index is 8.09. The highest BCUT2D eigenvalue weighted by molar-refractivity contribution is 5.85. The van der Waals surface area contributed by atoms with Crippen molar-refractivity contribution in [3.05, 3.63) is 10.4 Å². The van der Waals surface area contributed by atoms with Crippen molar-refractivity contribution < 1.29 is 0 Å². The van der Waals surface area contributed by atoms with Gasteiger partial charge < -0.3 is 5.73 Å². The molecule has 0 saturated heterocycles. The van der Waals surface area contributed by atoms with Gasteiger partial charge in [0, 0.05) is 10.5 Å². The minimum absolute atomic E-state index is 0. The van der Waals surface area contributed by atoms with E-state index in [-0.39, 0.29) is 23.5 Å². The van der Waals surface area contributed by atoms with Crippen LogP contribution in [0.2, 0.25) is 0 Å². The SMILES string of the molecule is Cl.[N-]=[N+]=NC12CC(N)(C1)C2. The summed E-state index contributed by atoms with van der Waals surface area (Å²) < 4.78 is 0. The third-order valence-electron chi connectivity index (χ3n) is 2.30. The summed E-state index contributed by atoms with van der Waals surface area (Å²) >= 11 is 0. The molecule has 0 aromatic carbocycles. The van der Waals surface area contributed by atoms with Crippen LogP contribution in [-0.2, 0) is 0 Å². The molecule has 0 aliphatic heterocycles. The molecule has 3 saturated carbocycles. The van der Waals surface area contributed by atoms with Crippen molar-refractivity contribution in [3.8, 4) is 0 Å². The summed E-state index contributed by atoms with van der Waals surface area (Å²) in [5, 5.41) is 3.67. The van der Waals surface area contributed by atoms with Crippen molar-refractivity contribution in [2.45, 2.75) is 30.3 Å². The summed E-state index contributed by atoms with van der Waals surface area (Å²) in [5.41, 5.74) is 13.8. The van der Waals surface area contributed by atoms with Crippen LogP contribution in [0.1, 0.15) is 19.3 Å². The van der Waals surface area contributed by atoms with Crippen LogP contribution in [0, 0.1) is 0 Å². The fraction of sp³-hybridized carbons (Fsp3) is 1.00. The largest absolute Gasteiger partial charge is 0.325 e. The molecule has 10 heavy (non-hydrogen) atoms. The highest BCUT2D eigenvalue weighted by Crippen LogP contribution is 2.61. The molecule has 56 valence electrons. The first-order chi connectivity index (χ1) is 4.18. The lowest BCUT2D eigenvalue weighted by Crippen LogP contribution is -2.75. The Bertz CT molecular complexity index is 188. The molecule has 0 heterocycles. The zero-order chi connectivity index (χ0) is 6.54. The summed E-state index contributed by atoms with van der Waals surface area (Å²) in [7, 11) is 0. The Kier molecular flexibility index (Phi) is 1.37. The number of rotatable bonds is 1. The van der Waals surface area contributed by atoms with E-state index >= 15 is 0 Å². The monoisotopic (exact) mass is 160 g/mol. The van der Waals surface area contributed by atoms with Gasteiger partial charge in [-0.15, -0.1) is 12.4 Å². The van der Waals surface area contributed by atoms with Gasteiger partial charge in [-0.1, -0.05) is 5.11 Å². The van der Waals surface area contributed by atoms with Gasteiger partial charge in [-0.3, -0.25) is 0 Å². The molecule has 3 rings (SSSR count). The normalized spacial score (nSPS) is 47.3. The van der Waals surface area contributed by atoms with Crippen LogP contribution < -0.4 is 5.73 Å². The predicted octanol–water partition coefficient (Wildman–Crippen LogP) is 1.35. The van der Waals surface area contributed by atoms with Gasteiger partial charge in [-0.2, -0.15) is 0 Å². The van der Waals surface area contributed by atoms with E-state index in [9.17, 15) is 0 Å². The third-order valence-corrected chi connectivity index (χ3v) is 2.30. The van der Waals surface area contributed by atoms with Crippen LogP contribution in [-0.4, -0.2) is 11.1 Å². The van der Waals surface area contributed by atoms with Crippen LogP contribution in [0.5, 0.6) is 0 Å². The van der Waals surface area contributed by atoms with E-state index < -0.39 is 0 Å². The molecule has 0 spiro atoms. The van der Waals surface area contributed by atoms with Gasteiger partial charge >= 0.3 is 0 Å². The Balaban J connectivity index is 0.000000500. The molecular weight excluding hydrogens is 152 g/mol. The molecule has 4 nitrogen and oxygen atoms in total. The summed E-state index contributed by atoms with van der Waals surface area (Å²) in [6.45, 7) is 0. The fourth-order valence-corrected chi connectivity index (χ4v) is 2.01. The first-order valence-corrected chi connectivity index (χ1v) is 3.03. The second-order valence-electron chi connectivity index (χ2n) is 3.31. The van der Waals surface area contributed by atoms with E-state index in [1.807, 2.05) is 0 Å². The first-order valence-electron chi connectivity index (χ1n) is 3.03. The van der Waals surface area contributed by atoms with Crippen LogP contribution in [0.25, 0.3) is 10.4 Å². The van der Waals surface area contributed by atoms with E-state index in [4.69, 9.17) is 11.3 Å². The van der Waals surface area contributed by atoms with Gasteiger partial charge in [0.05, 0.1) is 5.54 Å².